The minimum atomic E-state index is -0.728. The fourth-order valence-corrected chi connectivity index (χ4v) is 6.12. The number of methoxy groups -OCH3 is 1. The van der Waals surface area contributed by atoms with Gasteiger partial charge in [-0.05, 0) is 84.0 Å². The van der Waals surface area contributed by atoms with Crippen molar-refractivity contribution in [2.45, 2.75) is 77.2 Å². The van der Waals surface area contributed by atoms with Gasteiger partial charge in [-0.25, -0.2) is 8.78 Å². The number of aromatic nitrogens is 1. The van der Waals surface area contributed by atoms with Gasteiger partial charge < -0.3 is 10.1 Å². The molecule has 4 rings (SSSR count). The van der Waals surface area contributed by atoms with Gasteiger partial charge >= 0.3 is 0 Å². The highest BCUT2D eigenvalue weighted by molar-refractivity contribution is 5.99. The number of allylic oxidation sites excluding steroid dienone is 2. The number of benzene rings is 1. The Morgan fingerprint density at radius 2 is 1.92 bits per heavy atom. The Hall–Kier alpha value is -2.71. The fourth-order valence-electron chi connectivity index (χ4n) is 6.12. The Kier molecular flexibility index (Phi) is 10.4. The second-order valence-electron chi connectivity index (χ2n) is 10.8. The lowest BCUT2D eigenvalue weighted by molar-refractivity contribution is 0.301. The third-order valence-corrected chi connectivity index (χ3v) is 8.35. The second kappa shape index (κ2) is 13.9. The van der Waals surface area contributed by atoms with Crippen molar-refractivity contribution in [2.24, 2.45) is 11.8 Å². The van der Waals surface area contributed by atoms with Crippen molar-refractivity contribution in [1.29, 1.82) is 0 Å². The first kappa shape index (κ1) is 28.3. The summed E-state index contributed by atoms with van der Waals surface area (Å²) in [4.78, 5) is 4.93. The maximum Gasteiger partial charge on any atom is 0.119 e. The lowest BCUT2D eigenvalue weighted by Gasteiger charge is -2.29. The van der Waals surface area contributed by atoms with Gasteiger partial charge in [-0.15, -0.1) is 0 Å². The maximum absolute atomic E-state index is 12.8. The lowest BCUT2D eigenvalue weighted by atomic mass is 9.75. The molecule has 2 atom stereocenters. The summed E-state index contributed by atoms with van der Waals surface area (Å²) in [5.41, 5.74) is 6.86. The molecule has 2 aromatic rings. The van der Waals surface area contributed by atoms with Crippen molar-refractivity contribution >= 4 is 11.1 Å². The highest BCUT2D eigenvalue weighted by atomic mass is 19.1. The van der Waals surface area contributed by atoms with Crippen LogP contribution in [0.2, 0.25) is 0 Å². The third-order valence-electron chi connectivity index (χ3n) is 8.35. The zero-order valence-electron chi connectivity index (χ0n) is 23.2. The first-order valence-corrected chi connectivity index (χ1v) is 14.3. The topological polar surface area (TPSA) is 34.2 Å². The van der Waals surface area contributed by atoms with Crippen molar-refractivity contribution < 1.29 is 13.5 Å². The number of nitrogens with zero attached hydrogens (tertiary/aromatic N) is 1. The number of hydrogen-bond acceptors (Lipinski definition) is 3. The molecule has 1 aromatic carbocycles. The summed E-state index contributed by atoms with van der Waals surface area (Å²) in [5, 5.41) is 2.94. The van der Waals surface area contributed by atoms with Crippen LogP contribution in [0.25, 0.3) is 11.1 Å². The van der Waals surface area contributed by atoms with E-state index in [1.54, 1.807) is 7.11 Å². The highest BCUT2D eigenvalue weighted by Gasteiger charge is 2.35. The summed E-state index contributed by atoms with van der Waals surface area (Å²) < 4.78 is 31.3. The molecule has 5 heteroatoms. The van der Waals surface area contributed by atoms with Gasteiger partial charge in [0, 0.05) is 18.2 Å². The molecule has 2 aliphatic rings. The average molecular weight is 521 g/mol. The third kappa shape index (κ3) is 6.64. The second-order valence-corrected chi connectivity index (χ2v) is 10.8. The number of halogens is 2. The van der Waals surface area contributed by atoms with Crippen LogP contribution in [0.15, 0.2) is 36.5 Å². The molecule has 38 heavy (non-hydrogen) atoms. The minimum absolute atomic E-state index is 0.420. The van der Waals surface area contributed by atoms with E-state index >= 15 is 0 Å². The molecule has 3 nitrogen and oxygen atoms in total. The average Bonchev–Trinajstić information content (AvgIpc) is 3.46. The predicted octanol–water partition coefficient (Wildman–Crippen LogP) is 7.56. The largest absolute Gasteiger partial charge is 0.497 e. The molecule has 1 fully saturated rings. The number of alkyl halides is 2. The number of ether oxygens (including phenoxy) is 1. The summed E-state index contributed by atoms with van der Waals surface area (Å²) in [6.45, 7) is 3.67. The van der Waals surface area contributed by atoms with Crippen LogP contribution in [0.1, 0.15) is 87.1 Å². The molecule has 204 valence electrons. The van der Waals surface area contributed by atoms with E-state index in [-0.39, 0.29) is 0 Å². The van der Waals surface area contributed by atoms with Crippen molar-refractivity contribution in [1.82, 2.24) is 10.3 Å². The summed E-state index contributed by atoms with van der Waals surface area (Å²) in [6, 6.07) is 9.96. The molecule has 1 N–H and O–H groups in total. The van der Waals surface area contributed by atoms with E-state index in [0.717, 1.165) is 41.8 Å². The molecule has 2 aliphatic carbocycles. The van der Waals surface area contributed by atoms with Crippen LogP contribution in [0.5, 0.6) is 5.75 Å². The fraction of sp³-hybridized carbons (Fsp3) is 0.545. The molecule has 0 spiro atoms. The highest BCUT2D eigenvalue weighted by Crippen LogP contribution is 2.49. The van der Waals surface area contributed by atoms with E-state index in [1.807, 2.05) is 6.20 Å². The van der Waals surface area contributed by atoms with Gasteiger partial charge in [-0.2, -0.15) is 0 Å². The number of rotatable bonds is 10. The summed E-state index contributed by atoms with van der Waals surface area (Å²) in [7, 11) is 1.72. The standard InChI is InChI=1S/C33H42F2N2O/c1-4-5-6-11-29-31-18-27(38-3)13-14-28(31)23(2)30(25-9-7-8-10-25)19-32(29)33-15-12-24(22-37-33)16-17-36-26(20-34)21-35/h12-15,18,22-23,25-26,30,36H,4-5,7-10,16-17,19-21H2,1-3H3. The van der Waals surface area contributed by atoms with Crippen LogP contribution < -0.4 is 10.1 Å². The van der Waals surface area contributed by atoms with Crippen LogP contribution in [0, 0.1) is 23.7 Å². The summed E-state index contributed by atoms with van der Waals surface area (Å²) in [6.07, 6.45) is 10.6. The predicted molar refractivity (Wildman–Crippen MR) is 153 cm³/mol. The molecule has 2 unspecified atom stereocenters. The van der Waals surface area contributed by atoms with E-state index in [0.29, 0.717) is 30.7 Å². The molecule has 1 aromatic heterocycles. The maximum atomic E-state index is 12.8. The van der Waals surface area contributed by atoms with Gasteiger partial charge in [-0.3, -0.25) is 4.98 Å². The Labute approximate surface area is 227 Å². The summed E-state index contributed by atoms with van der Waals surface area (Å²) in [5.74, 6) is 9.52. The Balaban J connectivity index is 1.75. The van der Waals surface area contributed by atoms with Crippen LogP contribution in [-0.4, -0.2) is 38.0 Å². The van der Waals surface area contributed by atoms with E-state index in [1.165, 1.54) is 42.4 Å². The van der Waals surface area contributed by atoms with Gasteiger partial charge in [0.25, 0.3) is 0 Å². The Morgan fingerprint density at radius 1 is 1.13 bits per heavy atom. The zero-order valence-corrected chi connectivity index (χ0v) is 23.2. The van der Waals surface area contributed by atoms with Gasteiger partial charge in [0.15, 0.2) is 0 Å². The van der Waals surface area contributed by atoms with E-state index < -0.39 is 19.4 Å². The van der Waals surface area contributed by atoms with Gasteiger partial charge in [-0.1, -0.05) is 63.5 Å². The number of fused-ring (bicyclic) bond motifs is 1. The minimum Gasteiger partial charge on any atom is -0.497 e. The van der Waals surface area contributed by atoms with Crippen LogP contribution in [0.3, 0.4) is 0 Å². The lowest BCUT2D eigenvalue weighted by Crippen LogP contribution is -2.34. The molecular formula is C33H42F2N2O. The quantitative estimate of drug-likeness (QED) is 0.328. The van der Waals surface area contributed by atoms with Crippen LogP contribution >= 0.6 is 0 Å². The zero-order chi connectivity index (χ0) is 26.9. The molecule has 0 radical (unpaired) electrons. The number of nitrogens with one attached hydrogen (secondary N) is 1. The molecule has 0 amide bonds. The first-order chi connectivity index (χ1) is 18.6. The molecule has 0 saturated heterocycles. The summed E-state index contributed by atoms with van der Waals surface area (Å²) >= 11 is 0. The molecule has 0 bridgehead atoms. The van der Waals surface area contributed by atoms with E-state index in [9.17, 15) is 8.78 Å². The number of hydrogen-bond donors (Lipinski definition) is 1. The van der Waals surface area contributed by atoms with Crippen molar-refractivity contribution in [3.8, 4) is 17.6 Å². The number of unbranched alkanes of at least 4 members (excludes halogenated alkanes) is 1. The van der Waals surface area contributed by atoms with Gasteiger partial charge in [0.05, 0.1) is 18.8 Å². The van der Waals surface area contributed by atoms with Crippen molar-refractivity contribution in [3.05, 3.63) is 58.9 Å². The van der Waals surface area contributed by atoms with Crippen molar-refractivity contribution in [3.63, 3.8) is 0 Å². The molecule has 1 heterocycles. The smallest absolute Gasteiger partial charge is 0.119 e. The van der Waals surface area contributed by atoms with Crippen LogP contribution in [-0.2, 0) is 6.42 Å². The molecular weight excluding hydrogens is 478 g/mol. The van der Waals surface area contributed by atoms with E-state index in [2.05, 4.69) is 61.3 Å². The van der Waals surface area contributed by atoms with E-state index in [4.69, 9.17) is 9.72 Å². The van der Waals surface area contributed by atoms with Crippen LogP contribution in [0.4, 0.5) is 8.78 Å². The Morgan fingerprint density at radius 3 is 2.58 bits per heavy atom. The monoisotopic (exact) mass is 520 g/mol. The SMILES string of the molecule is CCCC#CC1=C(c2ccc(CCNC(CF)CF)cn2)CC(C2CCCC2)C(C)c2ccc(OC)cc21. The Bertz CT molecular complexity index is 1140. The van der Waals surface area contributed by atoms with Crippen molar-refractivity contribution in [2.75, 3.05) is 27.0 Å². The first-order valence-electron chi connectivity index (χ1n) is 14.3. The number of pyridine rings is 1. The molecule has 1 saturated carbocycles. The molecule has 0 aliphatic heterocycles. The van der Waals surface area contributed by atoms with Gasteiger partial charge in [0.1, 0.15) is 19.1 Å². The normalized spacial score (nSPS) is 19.7. The van der Waals surface area contributed by atoms with Gasteiger partial charge in [0.2, 0.25) is 0 Å².